The second-order valence-electron chi connectivity index (χ2n) is 8.43. The fraction of sp³-hybridized carbons (Fsp3) is 0.296. The van der Waals surface area contributed by atoms with Crippen molar-refractivity contribution in [2.24, 2.45) is 5.41 Å². The Morgan fingerprint density at radius 3 is 1.64 bits per heavy atom. The van der Waals surface area contributed by atoms with Crippen molar-refractivity contribution in [3.8, 4) is 0 Å². The zero-order chi connectivity index (χ0) is 23.7. The summed E-state index contributed by atoms with van der Waals surface area (Å²) in [6.45, 7) is 5.87. The minimum absolute atomic E-state index is 0.0185. The van der Waals surface area contributed by atoms with Crippen molar-refractivity contribution in [1.82, 2.24) is 0 Å². The van der Waals surface area contributed by atoms with E-state index in [0.29, 0.717) is 12.4 Å². The molecule has 1 unspecified atom stereocenters. The number of carbonyl (C=O) groups excluding carboxylic acids is 1. The molecule has 3 aromatic carbocycles. The van der Waals surface area contributed by atoms with Gasteiger partial charge in [0.05, 0.1) is 18.6 Å². The van der Waals surface area contributed by atoms with Crippen LogP contribution in [0.1, 0.15) is 30.5 Å². The van der Waals surface area contributed by atoms with Crippen LogP contribution in [0.5, 0.6) is 0 Å². The Kier molecular flexibility index (Phi) is 9.10. The zero-order valence-electron chi connectivity index (χ0n) is 19.3. The van der Waals surface area contributed by atoms with E-state index >= 15 is 0 Å². The van der Waals surface area contributed by atoms with Gasteiger partial charge >= 0.3 is 0 Å². The van der Waals surface area contributed by atoms with Crippen molar-refractivity contribution >= 4 is 24.9 Å². The highest BCUT2D eigenvalue weighted by molar-refractivity contribution is 8.13. The molecule has 0 heterocycles. The lowest BCUT2D eigenvalue weighted by Crippen LogP contribution is -2.38. The van der Waals surface area contributed by atoms with Gasteiger partial charge in [-0.1, -0.05) is 103 Å². The molecule has 0 spiro atoms. The molecule has 3 aromatic rings. The lowest BCUT2D eigenvalue weighted by molar-refractivity contribution is -0.124. The Bertz CT molecular complexity index is 943. The van der Waals surface area contributed by atoms with Crippen LogP contribution in [0.4, 0.5) is 0 Å². The molecule has 0 saturated heterocycles. The SMILES string of the molecule is C[PH](=O)OCCSC(=O)C(C)(C)COC(c1ccccc1)(c1ccccc1)c1ccccc1. The first-order valence-electron chi connectivity index (χ1n) is 11.0. The second-order valence-corrected chi connectivity index (χ2v) is 10.8. The average Bonchev–Trinajstić information content (AvgIpc) is 2.84. The molecular weight excluding hydrogens is 451 g/mol. The van der Waals surface area contributed by atoms with Crippen LogP contribution in [0.25, 0.3) is 0 Å². The summed E-state index contributed by atoms with van der Waals surface area (Å²) >= 11 is 1.20. The van der Waals surface area contributed by atoms with E-state index < -0.39 is 19.0 Å². The van der Waals surface area contributed by atoms with Crippen LogP contribution in [-0.4, -0.2) is 30.7 Å². The number of hydrogen-bond acceptors (Lipinski definition) is 5. The topological polar surface area (TPSA) is 52.6 Å². The Morgan fingerprint density at radius 2 is 1.24 bits per heavy atom. The first-order chi connectivity index (χ1) is 15.9. The van der Waals surface area contributed by atoms with Gasteiger partial charge in [-0.25, -0.2) is 0 Å². The van der Waals surface area contributed by atoms with E-state index in [1.54, 1.807) is 6.66 Å². The number of ether oxygens (including phenoxy) is 1. The highest BCUT2D eigenvalue weighted by atomic mass is 32.2. The van der Waals surface area contributed by atoms with Gasteiger partial charge in [-0.15, -0.1) is 0 Å². The highest BCUT2D eigenvalue weighted by Gasteiger charge is 2.40. The summed E-state index contributed by atoms with van der Waals surface area (Å²) in [6.07, 6.45) is 0. The molecular formula is C27H31O4PS. The van der Waals surface area contributed by atoms with Gasteiger partial charge in [-0.2, -0.15) is 0 Å². The summed E-state index contributed by atoms with van der Waals surface area (Å²) < 4.78 is 23.1. The van der Waals surface area contributed by atoms with E-state index in [2.05, 4.69) is 36.4 Å². The molecule has 0 bridgehead atoms. The molecule has 3 rings (SSSR count). The molecule has 0 fully saturated rings. The average molecular weight is 483 g/mol. The first-order valence-corrected chi connectivity index (χ1v) is 13.8. The molecule has 0 radical (unpaired) electrons. The van der Waals surface area contributed by atoms with Crippen molar-refractivity contribution in [2.75, 3.05) is 25.6 Å². The van der Waals surface area contributed by atoms with Crippen LogP contribution in [0.2, 0.25) is 0 Å². The van der Waals surface area contributed by atoms with E-state index in [1.165, 1.54) is 11.8 Å². The number of thioether (sulfide) groups is 1. The molecule has 4 nitrogen and oxygen atoms in total. The van der Waals surface area contributed by atoms with Gasteiger partial charge in [0.25, 0.3) is 0 Å². The van der Waals surface area contributed by atoms with E-state index in [4.69, 9.17) is 9.26 Å². The van der Waals surface area contributed by atoms with Gasteiger partial charge in [0.2, 0.25) is 0 Å². The van der Waals surface area contributed by atoms with E-state index in [-0.39, 0.29) is 11.7 Å². The van der Waals surface area contributed by atoms with Crippen LogP contribution in [-0.2, 0) is 24.2 Å². The van der Waals surface area contributed by atoms with Gasteiger partial charge in [0, 0.05) is 12.4 Å². The van der Waals surface area contributed by atoms with Crippen molar-refractivity contribution in [1.29, 1.82) is 0 Å². The molecule has 0 aliphatic rings. The molecule has 0 amide bonds. The minimum Gasteiger partial charge on any atom is -0.360 e. The van der Waals surface area contributed by atoms with Crippen molar-refractivity contribution in [3.05, 3.63) is 108 Å². The summed E-state index contributed by atoms with van der Waals surface area (Å²) in [5.74, 6) is 0.466. The Hall–Kier alpha value is -2.17. The van der Waals surface area contributed by atoms with Gasteiger partial charge in [-0.05, 0) is 30.5 Å². The summed E-state index contributed by atoms with van der Waals surface area (Å²) in [6, 6.07) is 30.4. The summed E-state index contributed by atoms with van der Waals surface area (Å²) in [7, 11) is -1.99. The molecule has 0 N–H and O–H groups in total. The summed E-state index contributed by atoms with van der Waals surface area (Å²) in [4.78, 5) is 13.0. The van der Waals surface area contributed by atoms with Crippen LogP contribution in [0.15, 0.2) is 91.0 Å². The Morgan fingerprint density at radius 1 is 0.818 bits per heavy atom. The monoisotopic (exact) mass is 482 g/mol. The number of hydrogen-bond donors (Lipinski definition) is 0. The molecule has 0 aliphatic heterocycles. The predicted molar refractivity (Wildman–Crippen MR) is 137 cm³/mol. The lowest BCUT2D eigenvalue weighted by Gasteiger charge is -2.38. The molecule has 33 heavy (non-hydrogen) atoms. The van der Waals surface area contributed by atoms with Gasteiger partial charge in [0.15, 0.2) is 13.1 Å². The van der Waals surface area contributed by atoms with Crippen molar-refractivity contribution in [2.45, 2.75) is 19.4 Å². The molecule has 0 saturated carbocycles. The maximum atomic E-state index is 13.0. The van der Waals surface area contributed by atoms with E-state index in [9.17, 15) is 9.36 Å². The van der Waals surface area contributed by atoms with Crippen molar-refractivity contribution in [3.63, 3.8) is 0 Å². The Balaban J connectivity index is 1.94. The molecule has 0 aromatic heterocycles. The number of carbonyl (C=O) groups is 1. The van der Waals surface area contributed by atoms with E-state index in [1.807, 2.05) is 68.4 Å². The van der Waals surface area contributed by atoms with Crippen molar-refractivity contribution < 1.29 is 18.6 Å². The highest BCUT2D eigenvalue weighted by Crippen LogP contribution is 2.42. The zero-order valence-corrected chi connectivity index (χ0v) is 21.1. The Labute approximate surface area is 201 Å². The smallest absolute Gasteiger partial charge is 0.196 e. The minimum atomic E-state index is -1.99. The van der Waals surface area contributed by atoms with Crippen LogP contribution < -0.4 is 0 Å². The standard InChI is InChI=1S/C27H31O4PS/c1-26(2,25(28)33-20-19-31-32(3)29)21-30-27(22-13-7-4-8-14-22,23-15-9-5-10-16-23)24-17-11-6-12-18-24/h4-18,32H,19-21H2,1-3H3. The van der Waals surface area contributed by atoms with Crippen LogP contribution >= 0.6 is 19.8 Å². The fourth-order valence-corrected chi connectivity index (χ4v) is 4.97. The van der Waals surface area contributed by atoms with Gasteiger partial charge in [-0.3, -0.25) is 9.36 Å². The lowest BCUT2D eigenvalue weighted by atomic mass is 9.79. The predicted octanol–water partition coefficient (Wildman–Crippen LogP) is 6.40. The number of benzene rings is 3. The van der Waals surface area contributed by atoms with Crippen LogP contribution in [0, 0.1) is 5.41 Å². The van der Waals surface area contributed by atoms with Gasteiger partial charge in [0.1, 0.15) is 5.60 Å². The summed E-state index contributed by atoms with van der Waals surface area (Å²) in [5, 5.41) is 0.0185. The molecule has 0 aliphatic carbocycles. The van der Waals surface area contributed by atoms with Crippen LogP contribution in [0.3, 0.4) is 0 Å². The largest absolute Gasteiger partial charge is 0.360 e. The third kappa shape index (κ3) is 6.45. The summed E-state index contributed by atoms with van der Waals surface area (Å²) in [5.41, 5.74) is 1.41. The fourth-order valence-electron chi connectivity index (χ4n) is 3.63. The quantitative estimate of drug-likeness (QED) is 0.180. The second kappa shape index (κ2) is 11.8. The third-order valence-electron chi connectivity index (χ3n) is 5.36. The molecule has 174 valence electrons. The van der Waals surface area contributed by atoms with E-state index in [0.717, 1.165) is 16.7 Å². The first kappa shape index (κ1) is 25.5. The maximum absolute atomic E-state index is 13.0. The maximum Gasteiger partial charge on any atom is 0.196 e. The van der Waals surface area contributed by atoms with Gasteiger partial charge < -0.3 is 9.26 Å². The number of rotatable bonds is 11. The molecule has 1 atom stereocenters. The third-order valence-corrected chi connectivity index (χ3v) is 7.16. The normalized spacial score (nSPS) is 12.9. The molecule has 6 heteroatoms.